The maximum absolute atomic E-state index is 13.5. The molecule has 3 aliphatic rings. The molecular formula is C30H36N6O3S. The number of carbonyl (C=O) groups is 2. The van der Waals surface area contributed by atoms with Gasteiger partial charge in [0.25, 0.3) is 0 Å². The predicted molar refractivity (Wildman–Crippen MR) is 159 cm³/mol. The molecule has 2 aromatic heterocycles. The predicted octanol–water partition coefficient (Wildman–Crippen LogP) is 6.31. The van der Waals surface area contributed by atoms with Crippen LogP contribution in [0.4, 0.5) is 14.7 Å². The van der Waals surface area contributed by atoms with Crippen LogP contribution in [0.2, 0.25) is 0 Å². The number of hydrogen-bond donors (Lipinski definition) is 1. The van der Waals surface area contributed by atoms with Crippen molar-refractivity contribution in [2.45, 2.75) is 71.7 Å². The van der Waals surface area contributed by atoms with Crippen LogP contribution < -0.4 is 5.32 Å². The third kappa shape index (κ3) is 6.01. The molecule has 3 fully saturated rings. The quantitative estimate of drug-likeness (QED) is 0.369. The number of carbonyl (C=O) groups excluding carboxylic acids is 2. The van der Waals surface area contributed by atoms with E-state index < -0.39 is 5.60 Å². The summed E-state index contributed by atoms with van der Waals surface area (Å²) in [5.74, 6) is 0. The third-order valence-electron chi connectivity index (χ3n) is 7.10. The van der Waals surface area contributed by atoms with Crippen molar-refractivity contribution < 1.29 is 14.3 Å². The van der Waals surface area contributed by atoms with Gasteiger partial charge in [-0.2, -0.15) is 0 Å². The zero-order valence-corrected chi connectivity index (χ0v) is 24.5. The average Bonchev–Trinajstić information content (AvgIpc) is 3.31. The first-order valence-electron chi connectivity index (χ1n) is 13.6. The van der Waals surface area contributed by atoms with Crippen molar-refractivity contribution >= 4 is 35.3 Å². The molecule has 5 heterocycles. The van der Waals surface area contributed by atoms with E-state index in [1.54, 1.807) is 4.90 Å². The number of benzene rings is 1. The molecule has 3 aliphatic heterocycles. The fourth-order valence-corrected chi connectivity index (χ4v) is 6.43. The van der Waals surface area contributed by atoms with Crippen molar-refractivity contribution in [3.8, 4) is 21.7 Å². The average molecular weight is 561 g/mol. The van der Waals surface area contributed by atoms with Crippen molar-refractivity contribution in [3.63, 3.8) is 0 Å². The van der Waals surface area contributed by atoms with Gasteiger partial charge in [0.1, 0.15) is 5.60 Å². The highest BCUT2D eigenvalue weighted by molar-refractivity contribution is 7.19. The second-order valence-electron chi connectivity index (χ2n) is 11.5. The van der Waals surface area contributed by atoms with Gasteiger partial charge in [0.05, 0.1) is 29.2 Å². The van der Waals surface area contributed by atoms with Gasteiger partial charge in [0, 0.05) is 30.0 Å². The number of aryl methyl sites for hydroxylation is 2. The van der Waals surface area contributed by atoms with E-state index in [0.29, 0.717) is 24.8 Å². The summed E-state index contributed by atoms with van der Waals surface area (Å²) in [6.45, 7) is 14.6. The van der Waals surface area contributed by atoms with Crippen molar-refractivity contribution in [1.29, 1.82) is 0 Å². The molecule has 0 unspecified atom stereocenters. The molecule has 10 heteroatoms. The molecular weight excluding hydrogens is 524 g/mol. The number of nitrogens with zero attached hydrogens (tertiary/aromatic N) is 5. The minimum atomic E-state index is -0.557. The molecule has 9 nitrogen and oxygen atoms in total. The van der Waals surface area contributed by atoms with Crippen LogP contribution in [0.3, 0.4) is 0 Å². The van der Waals surface area contributed by atoms with Gasteiger partial charge in [-0.1, -0.05) is 29.5 Å². The molecule has 1 N–H and O–H groups in total. The molecule has 6 rings (SSSR count). The maximum Gasteiger partial charge on any atom is 0.410 e. The summed E-state index contributed by atoms with van der Waals surface area (Å²) in [4.78, 5) is 44.3. The van der Waals surface area contributed by atoms with E-state index in [-0.39, 0.29) is 24.2 Å². The number of fused-ring (bicyclic) bond motifs is 3. The van der Waals surface area contributed by atoms with E-state index in [9.17, 15) is 9.59 Å². The van der Waals surface area contributed by atoms with Crippen molar-refractivity contribution in [1.82, 2.24) is 19.8 Å². The molecule has 2 bridgehead atoms. The Labute approximate surface area is 239 Å². The Morgan fingerprint density at radius 2 is 1.73 bits per heavy atom. The first kappa shape index (κ1) is 27.8. The lowest BCUT2D eigenvalue weighted by Gasteiger charge is -2.50. The molecule has 2 atom stereocenters. The van der Waals surface area contributed by atoms with E-state index in [0.717, 1.165) is 51.5 Å². The van der Waals surface area contributed by atoms with Crippen LogP contribution >= 0.6 is 11.3 Å². The summed E-state index contributed by atoms with van der Waals surface area (Å²) in [5.41, 5.74) is 5.08. The van der Waals surface area contributed by atoms with Gasteiger partial charge in [0.2, 0.25) is 0 Å². The number of aliphatic imine (C=N–C) groups is 1. The molecule has 3 aromatic rings. The third-order valence-corrected chi connectivity index (χ3v) is 8.12. The van der Waals surface area contributed by atoms with Gasteiger partial charge in [-0.05, 0) is 83.5 Å². The number of nitrogens with one attached hydrogen (secondary N) is 1. The Bertz CT molecular complexity index is 1430. The SMILES string of the molecule is C=NCc1cccc(-c2nc(NC(=O)N3C[C@H]4CC[C@@H]3CN4C(=O)OC(C)(C)C)sc2-c2cc(C)nc(C)c2)c1. The molecule has 210 valence electrons. The topological polar surface area (TPSA) is 100 Å². The summed E-state index contributed by atoms with van der Waals surface area (Å²) in [7, 11) is 0. The molecule has 0 aliphatic carbocycles. The number of rotatable bonds is 5. The first-order valence-corrected chi connectivity index (χ1v) is 14.4. The van der Waals surface area contributed by atoms with Crippen LogP contribution in [-0.4, -0.2) is 69.4 Å². The molecule has 3 amide bonds. The second-order valence-corrected chi connectivity index (χ2v) is 12.5. The van der Waals surface area contributed by atoms with Crippen LogP contribution in [0.5, 0.6) is 0 Å². The lowest BCUT2D eigenvalue weighted by atomic mass is 9.91. The molecule has 40 heavy (non-hydrogen) atoms. The van der Waals surface area contributed by atoms with Crippen molar-refractivity contribution in [3.05, 3.63) is 53.3 Å². The molecule has 0 saturated carbocycles. The lowest BCUT2D eigenvalue weighted by Crippen LogP contribution is -2.66. The van der Waals surface area contributed by atoms with Crippen LogP contribution in [0.25, 0.3) is 21.7 Å². The number of thiazole rings is 1. The number of aromatic nitrogens is 2. The van der Waals surface area contributed by atoms with Crippen molar-refractivity contribution in [2.75, 3.05) is 18.4 Å². The van der Waals surface area contributed by atoms with Gasteiger partial charge in [0.15, 0.2) is 5.13 Å². The van der Waals surface area contributed by atoms with E-state index in [4.69, 9.17) is 9.72 Å². The Morgan fingerprint density at radius 3 is 2.35 bits per heavy atom. The Kier molecular flexibility index (Phi) is 7.63. The summed E-state index contributed by atoms with van der Waals surface area (Å²) >= 11 is 1.45. The number of amides is 3. The van der Waals surface area contributed by atoms with Crippen LogP contribution in [0.15, 0.2) is 41.4 Å². The normalized spacial score (nSPS) is 18.5. The van der Waals surface area contributed by atoms with Crippen molar-refractivity contribution in [2.24, 2.45) is 4.99 Å². The van der Waals surface area contributed by atoms with Gasteiger partial charge in [-0.15, -0.1) is 0 Å². The smallest absolute Gasteiger partial charge is 0.410 e. The highest BCUT2D eigenvalue weighted by atomic mass is 32.1. The van der Waals surface area contributed by atoms with Gasteiger partial charge < -0.3 is 14.5 Å². The number of hydrogen-bond acceptors (Lipinski definition) is 7. The van der Waals surface area contributed by atoms with Gasteiger partial charge in [-0.25, -0.2) is 14.6 Å². The summed E-state index contributed by atoms with van der Waals surface area (Å²) in [6, 6.07) is 11.8. The molecule has 1 aromatic carbocycles. The standard InChI is InChI=1S/C30H36N6O3S/c1-18-12-22(13-19(2)32-18)26-25(21-9-7-8-20(14-21)15-31-6)33-27(40-26)34-28(37)35-16-24-11-10-23(35)17-36(24)29(38)39-30(3,4)5/h7-9,12-14,23-24H,6,10-11,15-17H2,1-5H3,(H,33,34,37)/t23-,24-/m1/s1. The largest absolute Gasteiger partial charge is 0.444 e. The number of pyridine rings is 1. The summed E-state index contributed by atoms with van der Waals surface area (Å²) in [5, 5.41) is 3.59. The van der Waals surface area contributed by atoms with Crippen LogP contribution in [0, 0.1) is 13.8 Å². The fourth-order valence-electron chi connectivity index (χ4n) is 5.46. The van der Waals surface area contributed by atoms with E-state index in [1.807, 2.05) is 69.9 Å². The number of anilines is 1. The second kappa shape index (κ2) is 11.0. The van der Waals surface area contributed by atoms with Crippen LogP contribution in [-0.2, 0) is 11.3 Å². The summed E-state index contributed by atoms with van der Waals surface area (Å²) < 4.78 is 5.61. The monoisotopic (exact) mass is 560 g/mol. The van der Waals surface area contributed by atoms with Gasteiger partial charge >= 0.3 is 12.1 Å². The van der Waals surface area contributed by atoms with E-state index in [1.165, 1.54) is 11.3 Å². The maximum atomic E-state index is 13.5. The minimum Gasteiger partial charge on any atom is -0.444 e. The number of ether oxygens (including phenoxy) is 1. The molecule has 3 saturated heterocycles. The number of piperidine rings is 2. The van der Waals surface area contributed by atoms with E-state index in [2.05, 4.69) is 28.1 Å². The lowest BCUT2D eigenvalue weighted by molar-refractivity contribution is -0.0277. The minimum absolute atomic E-state index is 0.0583. The Hall–Kier alpha value is -3.79. The highest BCUT2D eigenvalue weighted by Gasteiger charge is 2.44. The van der Waals surface area contributed by atoms with Gasteiger partial charge in [-0.3, -0.25) is 15.3 Å². The zero-order chi connectivity index (χ0) is 28.6. The fraction of sp³-hybridized carbons (Fsp3) is 0.433. The molecule has 0 radical (unpaired) electrons. The summed E-state index contributed by atoms with van der Waals surface area (Å²) in [6.07, 6.45) is 1.40. The zero-order valence-electron chi connectivity index (χ0n) is 23.7. The first-order chi connectivity index (χ1) is 19.0. The number of piperazine rings is 1. The van der Waals surface area contributed by atoms with E-state index >= 15 is 0 Å². The highest BCUT2D eigenvalue weighted by Crippen LogP contribution is 2.40. The Balaban J connectivity index is 1.40. The molecule has 0 spiro atoms. The van der Waals surface area contributed by atoms with Crippen LogP contribution in [0.1, 0.15) is 50.6 Å². The number of urea groups is 1. The Morgan fingerprint density at radius 1 is 1.05 bits per heavy atom.